The van der Waals surface area contributed by atoms with Crippen molar-refractivity contribution < 1.29 is 9.18 Å². The summed E-state index contributed by atoms with van der Waals surface area (Å²) in [5.41, 5.74) is 0.838. The van der Waals surface area contributed by atoms with Crippen molar-refractivity contribution in [3.05, 3.63) is 40.7 Å². The van der Waals surface area contributed by atoms with Gasteiger partial charge in [-0.1, -0.05) is 30.4 Å². The number of nitrogens with one attached hydrogen (secondary N) is 1. The number of nitrogens with zero attached hydrogens (tertiary/aromatic N) is 5. The van der Waals surface area contributed by atoms with Gasteiger partial charge in [-0.15, -0.1) is 10.2 Å². The van der Waals surface area contributed by atoms with Gasteiger partial charge in [0.1, 0.15) is 10.8 Å². The first-order chi connectivity index (χ1) is 14.1. The number of likely N-dealkylation sites (tertiary alicyclic amines) is 1. The summed E-state index contributed by atoms with van der Waals surface area (Å²) in [6.45, 7) is 9.20. The molecule has 2 aliphatic rings. The summed E-state index contributed by atoms with van der Waals surface area (Å²) >= 11 is 1.33. The molecule has 2 aromatic rings. The maximum Gasteiger partial charge on any atom is 0.323 e. The van der Waals surface area contributed by atoms with Gasteiger partial charge in [-0.25, -0.2) is 9.18 Å². The number of hydrogen-bond acceptors (Lipinski definition) is 6. The zero-order valence-corrected chi connectivity index (χ0v) is 17.5. The van der Waals surface area contributed by atoms with Gasteiger partial charge in [0.05, 0.1) is 0 Å². The molecule has 1 N–H and O–H groups in total. The van der Waals surface area contributed by atoms with Gasteiger partial charge in [0, 0.05) is 51.7 Å². The van der Waals surface area contributed by atoms with Crippen LogP contribution < -0.4 is 5.32 Å². The molecule has 9 heteroatoms. The molecule has 29 heavy (non-hydrogen) atoms. The number of hydrogen-bond donors (Lipinski definition) is 1. The van der Waals surface area contributed by atoms with Crippen LogP contribution >= 0.6 is 11.3 Å². The molecule has 2 saturated heterocycles. The maximum absolute atomic E-state index is 13.3. The number of anilines is 1. The molecule has 0 saturated carbocycles. The van der Waals surface area contributed by atoms with Crippen LogP contribution in [-0.4, -0.2) is 82.8 Å². The fourth-order valence-electron chi connectivity index (χ4n) is 4.04. The van der Waals surface area contributed by atoms with E-state index in [0.29, 0.717) is 17.6 Å². The Morgan fingerprint density at radius 2 is 2.07 bits per heavy atom. The van der Waals surface area contributed by atoms with E-state index < -0.39 is 0 Å². The summed E-state index contributed by atoms with van der Waals surface area (Å²) < 4.78 is 13.3. The fraction of sp³-hybridized carbons (Fsp3) is 0.550. The standard InChI is InChI=1S/C20H27FN6OS/c1-2-25-8-10-26(11-9-25)17-6-7-27(14-17)20(28)22-19-24-23-18(29-19)13-15-4-3-5-16(21)12-15/h3-5,12,17H,2,6-11,13-14H2,1H3,(H,22,24,28)/t17-/m1/s1. The first kappa shape index (κ1) is 20.2. The van der Waals surface area contributed by atoms with Gasteiger partial charge in [-0.2, -0.15) is 0 Å². The minimum Gasteiger partial charge on any atom is -0.323 e. The highest BCUT2D eigenvalue weighted by atomic mass is 32.1. The highest BCUT2D eigenvalue weighted by molar-refractivity contribution is 7.15. The topological polar surface area (TPSA) is 64.6 Å². The van der Waals surface area contributed by atoms with Crippen molar-refractivity contribution in [1.82, 2.24) is 24.9 Å². The van der Waals surface area contributed by atoms with Crippen LogP contribution in [0, 0.1) is 5.82 Å². The lowest BCUT2D eigenvalue weighted by Crippen LogP contribution is -2.51. The van der Waals surface area contributed by atoms with Crippen molar-refractivity contribution in [3.63, 3.8) is 0 Å². The zero-order valence-electron chi connectivity index (χ0n) is 16.7. The molecular formula is C20H27FN6OS. The molecule has 7 nitrogen and oxygen atoms in total. The average Bonchev–Trinajstić information content (AvgIpc) is 3.38. The van der Waals surface area contributed by atoms with Gasteiger partial charge in [-0.05, 0) is 30.7 Å². The Labute approximate surface area is 174 Å². The van der Waals surface area contributed by atoms with Gasteiger partial charge >= 0.3 is 6.03 Å². The lowest BCUT2D eigenvalue weighted by Gasteiger charge is -2.37. The van der Waals surface area contributed by atoms with Gasteiger partial charge in [0.2, 0.25) is 5.13 Å². The molecule has 0 radical (unpaired) electrons. The van der Waals surface area contributed by atoms with Crippen molar-refractivity contribution in [2.45, 2.75) is 25.8 Å². The molecule has 0 spiro atoms. The number of carbonyl (C=O) groups is 1. The van der Waals surface area contributed by atoms with Crippen LogP contribution in [0.2, 0.25) is 0 Å². The average molecular weight is 419 g/mol. The van der Waals surface area contributed by atoms with Crippen LogP contribution in [0.5, 0.6) is 0 Å². The number of amides is 2. The number of piperazine rings is 1. The van der Waals surface area contributed by atoms with Crippen molar-refractivity contribution in [3.8, 4) is 0 Å². The predicted octanol–water partition coefficient (Wildman–Crippen LogP) is 2.51. The third kappa shape index (κ3) is 5.09. The van der Waals surface area contributed by atoms with Crippen LogP contribution in [0.4, 0.5) is 14.3 Å². The van der Waals surface area contributed by atoms with Crippen LogP contribution in [0.3, 0.4) is 0 Å². The second-order valence-electron chi connectivity index (χ2n) is 7.60. The molecule has 2 amide bonds. The molecule has 3 heterocycles. The Hall–Kier alpha value is -2.10. The normalized spacial score (nSPS) is 20.9. The van der Waals surface area contributed by atoms with Crippen LogP contribution in [0.15, 0.2) is 24.3 Å². The van der Waals surface area contributed by atoms with Gasteiger partial charge < -0.3 is 9.80 Å². The third-order valence-corrected chi connectivity index (χ3v) is 6.58. The van der Waals surface area contributed by atoms with Crippen LogP contribution in [0.25, 0.3) is 0 Å². The number of urea groups is 1. The van der Waals surface area contributed by atoms with E-state index in [0.717, 1.165) is 62.8 Å². The quantitative estimate of drug-likeness (QED) is 0.808. The van der Waals surface area contributed by atoms with Crippen molar-refractivity contribution in [1.29, 1.82) is 0 Å². The molecule has 1 atom stereocenters. The summed E-state index contributed by atoms with van der Waals surface area (Å²) in [6, 6.07) is 6.77. The first-order valence-corrected chi connectivity index (χ1v) is 11.0. The van der Waals surface area contributed by atoms with E-state index in [4.69, 9.17) is 0 Å². The Balaban J connectivity index is 1.27. The molecule has 0 unspecified atom stereocenters. The van der Waals surface area contributed by atoms with Crippen LogP contribution in [0.1, 0.15) is 23.9 Å². The SMILES string of the molecule is CCN1CCN([C@@H]2CCN(C(=O)Nc3nnc(Cc4cccc(F)c4)s3)C2)CC1. The summed E-state index contributed by atoms with van der Waals surface area (Å²) in [6.07, 6.45) is 1.52. The van der Waals surface area contributed by atoms with E-state index in [1.165, 1.54) is 23.5 Å². The second-order valence-corrected chi connectivity index (χ2v) is 8.66. The second kappa shape index (κ2) is 9.15. The number of benzene rings is 1. The van der Waals surface area contributed by atoms with E-state index in [1.807, 2.05) is 11.0 Å². The highest BCUT2D eigenvalue weighted by Crippen LogP contribution is 2.22. The molecule has 0 aliphatic carbocycles. The van der Waals surface area contributed by atoms with E-state index in [-0.39, 0.29) is 11.8 Å². The lowest BCUT2D eigenvalue weighted by atomic mass is 10.1. The van der Waals surface area contributed by atoms with Crippen molar-refractivity contribution in [2.24, 2.45) is 0 Å². The number of likely N-dealkylation sites (N-methyl/N-ethyl adjacent to an activating group) is 1. The van der Waals surface area contributed by atoms with Gasteiger partial charge in [0.15, 0.2) is 0 Å². The van der Waals surface area contributed by atoms with Gasteiger partial charge in [0.25, 0.3) is 0 Å². The monoisotopic (exact) mass is 418 g/mol. The molecule has 2 aliphatic heterocycles. The molecule has 2 fully saturated rings. The fourth-order valence-corrected chi connectivity index (χ4v) is 4.80. The minimum atomic E-state index is -0.264. The molecule has 0 bridgehead atoms. The summed E-state index contributed by atoms with van der Waals surface area (Å²) in [5, 5.41) is 12.3. The largest absolute Gasteiger partial charge is 0.323 e. The zero-order chi connectivity index (χ0) is 20.2. The lowest BCUT2D eigenvalue weighted by molar-refractivity contribution is 0.103. The number of aromatic nitrogens is 2. The Kier molecular flexibility index (Phi) is 6.37. The van der Waals surface area contributed by atoms with Crippen LogP contribution in [-0.2, 0) is 6.42 Å². The maximum atomic E-state index is 13.3. The summed E-state index contributed by atoms with van der Waals surface area (Å²) in [7, 11) is 0. The molecule has 1 aromatic carbocycles. The predicted molar refractivity (Wildman–Crippen MR) is 112 cm³/mol. The van der Waals surface area contributed by atoms with Crippen molar-refractivity contribution in [2.75, 3.05) is 51.1 Å². The van der Waals surface area contributed by atoms with Gasteiger partial charge in [-0.3, -0.25) is 10.2 Å². The van der Waals surface area contributed by atoms with Crippen molar-refractivity contribution >= 4 is 22.5 Å². The Bertz CT molecular complexity index is 838. The third-order valence-electron chi connectivity index (χ3n) is 5.75. The molecule has 1 aromatic heterocycles. The molecule has 156 valence electrons. The smallest absolute Gasteiger partial charge is 0.323 e. The summed E-state index contributed by atoms with van der Waals surface area (Å²) in [4.78, 5) is 19.5. The highest BCUT2D eigenvalue weighted by Gasteiger charge is 2.32. The van der Waals surface area contributed by atoms with E-state index in [2.05, 4.69) is 32.2 Å². The van der Waals surface area contributed by atoms with E-state index in [9.17, 15) is 9.18 Å². The molecule has 4 rings (SSSR count). The van der Waals surface area contributed by atoms with E-state index >= 15 is 0 Å². The summed E-state index contributed by atoms with van der Waals surface area (Å²) in [5.74, 6) is -0.264. The number of halogens is 1. The Morgan fingerprint density at radius 3 is 2.83 bits per heavy atom. The number of rotatable bonds is 5. The van der Waals surface area contributed by atoms with E-state index in [1.54, 1.807) is 6.07 Å². The number of carbonyl (C=O) groups excluding carboxylic acids is 1. The minimum absolute atomic E-state index is 0.117. The Morgan fingerprint density at radius 1 is 1.24 bits per heavy atom. The molecular weight excluding hydrogens is 391 g/mol. The first-order valence-electron chi connectivity index (χ1n) is 10.2.